The van der Waals surface area contributed by atoms with Gasteiger partial charge in [0.05, 0.1) is 13.7 Å². The standard InChI is InChI=1S/C15H23NO4/c1-10(2)6-7-14(17)16(4)9-12-8-13(11(3)20-12)15(18)19-5/h8,10H,6-7,9H2,1-5H3. The fourth-order valence-electron chi connectivity index (χ4n) is 1.86. The zero-order valence-corrected chi connectivity index (χ0v) is 12.9. The van der Waals surface area contributed by atoms with Gasteiger partial charge in [-0.25, -0.2) is 4.79 Å². The fraction of sp³-hybridized carbons (Fsp3) is 0.600. The van der Waals surface area contributed by atoms with Crippen molar-refractivity contribution in [2.45, 2.75) is 40.2 Å². The van der Waals surface area contributed by atoms with Gasteiger partial charge in [0.15, 0.2) is 0 Å². The number of methoxy groups -OCH3 is 1. The summed E-state index contributed by atoms with van der Waals surface area (Å²) in [7, 11) is 3.06. The number of amides is 1. The maximum absolute atomic E-state index is 11.9. The van der Waals surface area contributed by atoms with Gasteiger partial charge in [-0.2, -0.15) is 0 Å². The van der Waals surface area contributed by atoms with Gasteiger partial charge < -0.3 is 14.1 Å². The van der Waals surface area contributed by atoms with Gasteiger partial charge in [-0.15, -0.1) is 0 Å². The van der Waals surface area contributed by atoms with Crippen molar-refractivity contribution in [3.05, 3.63) is 23.2 Å². The van der Waals surface area contributed by atoms with Crippen molar-refractivity contribution in [3.8, 4) is 0 Å². The summed E-state index contributed by atoms with van der Waals surface area (Å²) in [5.41, 5.74) is 0.408. The van der Waals surface area contributed by atoms with Crippen LogP contribution in [0.4, 0.5) is 0 Å². The fourth-order valence-corrected chi connectivity index (χ4v) is 1.86. The molecule has 0 aliphatic carbocycles. The van der Waals surface area contributed by atoms with Crippen LogP contribution in [0.2, 0.25) is 0 Å². The highest BCUT2D eigenvalue weighted by Gasteiger charge is 2.17. The monoisotopic (exact) mass is 281 g/mol. The summed E-state index contributed by atoms with van der Waals surface area (Å²) in [6.45, 7) is 6.24. The summed E-state index contributed by atoms with van der Waals surface area (Å²) in [6.07, 6.45) is 1.39. The average Bonchev–Trinajstić information content (AvgIpc) is 2.75. The highest BCUT2D eigenvalue weighted by Crippen LogP contribution is 2.17. The van der Waals surface area contributed by atoms with Crippen molar-refractivity contribution in [3.63, 3.8) is 0 Å². The Morgan fingerprint density at radius 2 is 2.05 bits per heavy atom. The van der Waals surface area contributed by atoms with Crippen LogP contribution >= 0.6 is 0 Å². The Bertz CT molecular complexity index is 476. The van der Waals surface area contributed by atoms with Gasteiger partial charge >= 0.3 is 5.97 Å². The molecular formula is C15H23NO4. The summed E-state index contributed by atoms with van der Waals surface area (Å²) in [6, 6.07) is 1.63. The van der Waals surface area contributed by atoms with E-state index < -0.39 is 5.97 Å². The lowest BCUT2D eigenvalue weighted by atomic mass is 10.1. The Labute approximate surface area is 119 Å². The van der Waals surface area contributed by atoms with E-state index in [2.05, 4.69) is 18.6 Å². The molecule has 112 valence electrons. The summed E-state index contributed by atoms with van der Waals surface area (Å²) in [5.74, 6) is 1.25. The molecule has 0 aromatic carbocycles. The normalized spacial score (nSPS) is 10.7. The topological polar surface area (TPSA) is 59.8 Å². The molecule has 5 nitrogen and oxygen atoms in total. The molecule has 0 bridgehead atoms. The molecule has 1 rings (SSSR count). The van der Waals surface area contributed by atoms with Crippen LogP contribution in [0.3, 0.4) is 0 Å². The third-order valence-electron chi connectivity index (χ3n) is 3.13. The number of rotatable bonds is 6. The highest BCUT2D eigenvalue weighted by atomic mass is 16.5. The smallest absolute Gasteiger partial charge is 0.341 e. The molecule has 0 saturated carbocycles. The number of carbonyl (C=O) groups is 2. The van der Waals surface area contributed by atoms with Crippen LogP contribution in [0.25, 0.3) is 0 Å². The van der Waals surface area contributed by atoms with E-state index in [1.807, 2.05) is 0 Å². The van der Waals surface area contributed by atoms with E-state index in [-0.39, 0.29) is 5.91 Å². The Morgan fingerprint density at radius 1 is 1.40 bits per heavy atom. The zero-order valence-electron chi connectivity index (χ0n) is 12.9. The van der Waals surface area contributed by atoms with Crippen molar-refractivity contribution in [2.24, 2.45) is 5.92 Å². The Hall–Kier alpha value is -1.78. The minimum atomic E-state index is -0.425. The third-order valence-corrected chi connectivity index (χ3v) is 3.13. The van der Waals surface area contributed by atoms with Gasteiger partial charge in [-0.1, -0.05) is 13.8 Å². The highest BCUT2D eigenvalue weighted by molar-refractivity contribution is 5.90. The second-order valence-corrected chi connectivity index (χ2v) is 5.36. The van der Waals surface area contributed by atoms with E-state index in [4.69, 9.17) is 4.42 Å². The van der Waals surface area contributed by atoms with Crippen LogP contribution < -0.4 is 0 Å². The SMILES string of the molecule is COC(=O)c1cc(CN(C)C(=O)CCC(C)C)oc1C. The van der Waals surface area contributed by atoms with Crippen molar-refractivity contribution < 1.29 is 18.7 Å². The second kappa shape index (κ2) is 7.12. The van der Waals surface area contributed by atoms with Crippen molar-refractivity contribution in [1.29, 1.82) is 0 Å². The summed E-state index contributed by atoms with van der Waals surface area (Å²) in [4.78, 5) is 25.0. The number of nitrogens with zero attached hydrogens (tertiary/aromatic N) is 1. The van der Waals surface area contributed by atoms with Crippen LogP contribution in [0.15, 0.2) is 10.5 Å². The number of carbonyl (C=O) groups excluding carboxylic acids is 2. The van der Waals surface area contributed by atoms with Crippen LogP contribution in [0, 0.1) is 12.8 Å². The first kappa shape index (κ1) is 16.3. The van der Waals surface area contributed by atoms with Gasteiger partial charge in [0, 0.05) is 13.5 Å². The lowest BCUT2D eigenvalue weighted by molar-refractivity contribution is -0.130. The number of hydrogen-bond donors (Lipinski definition) is 0. The van der Waals surface area contributed by atoms with Crippen molar-refractivity contribution >= 4 is 11.9 Å². The predicted molar refractivity (Wildman–Crippen MR) is 75.3 cm³/mol. The molecule has 1 aromatic heterocycles. The number of furan rings is 1. The van der Waals surface area contributed by atoms with Crippen molar-refractivity contribution in [2.75, 3.05) is 14.2 Å². The molecule has 1 amide bonds. The molecule has 0 saturated heterocycles. The van der Waals surface area contributed by atoms with Crippen LogP contribution in [-0.2, 0) is 16.1 Å². The second-order valence-electron chi connectivity index (χ2n) is 5.36. The van der Waals surface area contributed by atoms with Gasteiger partial charge in [0.1, 0.15) is 17.1 Å². The van der Waals surface area contributed by atoms with Gasteiger partial charge in [-0.3, -0.25) is 4.79 Å². The van der Waals surface area contributed by atoms with Gasteiger partial charge in [0.25, 0.3) is 0 Å². The van der Waals surface area contributed by atoms with E-state index >= 15 is 0 Å². The largest absolute Gasteiger partial charge is 0.465 e. The van der Waals surface area contributed by atoms with Crippen LogP contribution in [-0.4, -0.2) is 30.9 Å². The van der Waals surface area contributed by atoms with Gasteiger partial charge in [-0.05, 0) is 25.3 Å². The molecule has 0 N–H and O–H groups in total. The first-order chi connectivity index (χ1) is 9.35. The predicted octanol–water partition coefficient (Wildman–Crippen LogP) is 2.77. The summed E-state index contributed by atoms with van der Waals surface area (Å²) in [5, 5.41) is 0. The molecule has 0 aliphatic heterocycles. The number of hydrogen-bond acceptors (Lipinski definition) is 4. The first-order valence-corrected chi connectivity index (χ1v) is 6.76. The molecular weight excluding hydrogens is 258 g/mol. The average molecular weight is 281 g/mol. The van der Waals surface area contributed by atoms with E-state index in [9.17, 15) is 9.59 Å². The Balaban J connectivity index is 2.64. The Morgan fingerprint density at radius 3 is 2.60 bits per heavy atom. The molecule has 0 fully saturated rings. The van der Waals surface area contributed by atoms with E-state index in [1.165, 1.54) is 7.11 Å². The van der Waals surface area contributed by atoms with Crippen molar-refractivity contribution in [1.82, 2.24) is 4.90 Å². The number of aryl methyl sites for hydroxylation is 1. The third kappa shape index (κ3) is 4.40. The lowest BCUT2D eigenvalue weighted by Crippen LogP contribution is -2.26. The summed E-state index contributed by atoms with van der Waals surface area (Å²) >= 11 is 0. The lowest BCUT2D eigenvalue weighted by Gasteiger charge is -2.16. The quantitative estimate of drug-likeness (QED) is 0.752. The molecule has 0 aliphatic rings. The maximum Gasteiger partial charge on any atom is 0.341 e. The van der Waals surface area contributed by atoms with Crippen LogP contribution in [0.5, 0.6) is 0 Å². The van der Waals surface area contributed by atoms with E-state index in [0.717, 1.165) is 6.42 Å². The summed E-state index contributed by atoms with van der Waals surface area (Å²) < 4.78 is 10.2. The van der Waals surface area contributed by atoms with Crippen LogP contribution in [0.1, 0.15) is 48.6 Å². The molecule has 0 atom stereocenters. The molecule has 20 heavy (non-hydrogen) atoms. The maximum atomic E-state index is 11.9. The van der Waals surface area contributed by atoms with E-state index in [0.29, 0.717) is 36.0 Å². The van der Waals surface area contributed by atoms with Gasteiger partial charge in [0.2, 0.25) is 5.91 Å². The number of esters is 1. The Kier molecular flexibility index (Phi) is 5.80. The molecule has 1 aromatic rings. The molecule has 5 heteroatoms. The minimum Gasteiger partial charge on any atom is -0.465 e. The zero-order chi connectivity index (χ0) is 15.3. The number of ether oxygens (including phenoxy) is 1. The minimum absolute atomic E-state index is 0.0763. The molecule has 0 radical (unpaired) electrons. The first-order valence-electron chi connectivity index (χ1n) is 6.76. The molecule has 1 heterocycles. The molecule has 0 spiro atoms. The molecule has 0 unspecified atom stereocenters. The van der Waals surface area contributed by atoms with E-state index in [1.54, 1.807) is 24.9 Å².